The molecule has 0 saturated carbocycles. The SMILES string of the molecule is CCCCCCCCCCCCC/C=C/CCCCCCCCCC(=O)OC(COCCC(C(=O)[O-])[N+](C)(C)C)COC(=O)CCCCCCCCCCCCCCCCCCCCCC. The quantitative estimate of drug-likeness (QED) is 0.0259. The van der Waals surface area contributed by atoms with Gasteiger partial charge < -0.3 is 28.6 Å². The number of carboxylic acid groups (broad SMARTS) is 1. The number of unbranched alkanes of at least 4 members (excludes halogenated alkanes) is 37. The summed E-state index contributed by atoms with van der Waals surface area (Å²) >= 11 is 0. The average Bonchev–Trinajstić information content (AvgIpc) is 3.28. The summed E-state index contributed by atoms with van der Waals surface area (Å²) in [5.74, 6) is -1.71. The Labute approximate surface area is 409 Å². The Kier molecular flexibility index (Phi) is 48.0. The highest BCUT2D eigenvalue weighted by Gasteiger charge is 2.25. The lowest BCUT2D eigenvalue weighted by Crippen LogP contribution is -2.55. The molecule has 0 bridgehead atoms. The maximum absolute atomic E-state index is 12.8. The molecular weight excluding hydrogens is 823 g/mol. The fourth-order valence-electron chi connectivity index (χ4n) is 8.95. The Morgan fingerprint density at radius 2 is 0.758 bits per heavy atom. The number of quaternary nitrogens is 1. The number of carboxylic acids is 1. The summed E-state index contributed by atoms with van der Waals surface area (Å²) in [6, 6.07) is -0.723. The van der Waals surface area contributed by atoms with Gasteiger partial charge in [0.15, 0.2) is 6.10 Å². The van der Waals surface area contributed by atoms with Crippen molar-refractivity contribution in [2.24, 2.45) is 0 Å². The van der Waals surface area contributed by atoms with Gasteiger partial charge in [0, 0.05) is 19.3 Å². The summed E-state index contributed by atoms with van der Waals surface area (Å²) in [7, 11) is 5.43. The van der Waals surface area contributed by atoms with Gasteiger partial charge in [0.05, 0.1) is 40.3 Å². The van der Waals surface area contributed by atoms with Gasteiger partial charge in [-0.25, -0.2) is 0 Å². The van der Waals surface area contributed by atoms with Crippen LogP contribution in [0.5, 0.6) is 0 Å². The first-order valence-corrected chi connectivity index (χ1v) is 28.7. The van der Waals surface area contributed by atoms with E-state index < -0.39 is 18.1 Å². The summed E-state index contributed by atoms with van der Waals surface area (Å²) in [4.78, 5) is 37.1. The third kappa shape index (κ3) is 47.1. The van der Waals surface area contributed by atoms with Gasteiger partial charge in [0.1, 0.15) is 12.6 Å². The van der Waals surface area contributed by atoms with Crippen LogP contribution in [0.2, 0.25) is 0 Å². The Morgan fingerprint density at radius 3 is 1.09 bits per heavy atom. The van der Waals surface area contributed by atoms with Crippen LogP contribution >= 0.6 is 0 Å². The van der Waals surface area contributed by atoms with E-state index in [2.05, 4.69) is 26.0 Å². The highest BCUT2D eigenvalue weighted by Crippen LogP contribution is 2.17. The maximum atomic E-state index is 12.8. The first-order valence-electron chi connectivity index (χ1n) is 28.7. The van der Waals surface area contributed by atoms with E-state index in [-0.39, 0.29) is 42.7 Å². The molecule has 8 nitrogen and oxygen atoms in total. The van der Waals surface area contributed by atoms with Gasteiger partial charge >= 0.3 is 11.9 Å². The number of rotatable bonds is 53. The van der Waals surface area contributed by atoms with E-state index in [9.17, 15) is 19.5 Å². The number of nitrogens with zero attached hydrogens (tertiary/aromatic N) is 1. The monoisotopic (exact) mass is 934 g/mol. The number of hydrogen-bond donors (Lipinski definition) is 0. The second kappa shape index (κ2) is 49.5. The van der Waals surface area contributed by atoms with Gasteiger partial charge in [0.2, 0.25) is 0 Å². The molecular formula is C58H111NO7. The summed E-state index contributed by atoms with van der Waals surface area (Å²) < 4.78 is 17.3. The van der Waals surface area contributed by atoms with Crippen LogP contribution in [0.1, 0.15) is 290 Å². The van der Waals surface area contributed by atoms with Crippen molar-refractivity contribution >= 4 is 17.9 Å². The Hall–Kier alpha value is -1.93. The summed E-state index contributed by atoms with van der Waals surface area (Å²) in [5, 5.41) is 11.7. The minimum atomic E-state index is -1.12. The van der Waals surface area contributed by atoms with Crippen LogP contribution in [0.4, 0.5) is 0 Å². The molecule has 0 aliphatic heterocycles. The molecule has 2 unspecified atom stereocenters. The van der Waals surface area contributed by atoms with Crippen LogP contribution in [0.25, 0.3) is 0 Å². The Bertz CT molecular complexity index is 1090. The number of esters is 2. The fraction of sp³-hybridized carbons (Fsp3) is 0.914. The van der Waals surface area contributed by atoms with E-state index in [1.54, 1.807) is 0 Å². The van der Waals surface area contributed by atoms with Gasteiger partial charge in [-0.15, -0.1) is 0 Å². The van der Waals surface area contributed by atoms with Crippen molar-refractivity contribution in [3.05, 3.63) is 12.2 Å². The van der Waals surface area contributed by atoms with E-state index in [0.717, 1.165) is 38.5 Å². The molecule has 0 spiro atoms. The van der Waals surface area contributed by atoms with Crippen molar-refractivity contribution in [3.8, 4) is 0 Å². The van der Waals surface area contributed by atoms with E-state index in [0.29, 0.717) is 12.8 Å². The van der Waals surface area contributed by atoms with Gasteiger partial charge in [-0.2, -0.15) is 0 Å². The van der Waals surface area contributed by atoms with Crippen LogP contribution in [-0.4, -0.2) is 75.5 Å². The molecule has 0 amide bonds. The highest BCUT2D eigenvalue weighted by molar-refractivity contribution is 5.70. The zero-order valence-electron chi connectivity index (χ0n) is 44.6. The maximum Gasteiger partial charge on any atom is 0.306 e. The van der Waals surface area contributed by atoms with E-state index in [4.69, 9.17) is 14.2 Å². The standard InChI is InChI=1S/C58H111NO7/c1-6-8-10-12-14-16-18-20-22-24-26-28-29-31-33-35-37-39-41-43-45-47-49-57(61)66-54(52-64-51-50-55(58(62)63)59(3,4)5)53-65-56(60)48-46-44-42-40-38-36-34-32-30-27-25-23-21-19-17-15-13-11-9-7-2/h29,31,54-55H,6-28,30,32-53H2,1-5H3/b31-29+. The molecule has 0 N–H and O–H groups in total. The zero-order chi connectivity index (χ0) is 48.4. The topological polar surface area (TPSA) is 102 Å². The largest absolute Gasteiger partial charge is 0.544 e. The molecule has 0 aromatic carbocycles. The van der Waals surface area contributed by atoms with Crippen molar-refractivity contribution < 1.29 is 38.2 Å². The van der Waals surface area contributed by atoms with E-state index in [1.807, 2.05) is 21.1 Å². The Balaban J connectivity index is 4.14. The highest BCUT2D eigenvalue weighted by atomic mass is 16.6. The van der Waals surface area contributed by atoms with Gasteiger partial charge in [-0.1, -0.05) is 244 Å². The second-order valence-electron chi connectivity index (χ2n) is 20.9. The van der Waals surface area contributed by atoms with Crippen molar-refractivity contribution in [1.82, 2.24) is 0 Å². The molecule has 0 fully saturated rings. The predicted octanol–water partition coefficient (Wildman–Crippen LogP) is 15.7. The smallest absolute Gasteiger partial charge is 0.306 e. The van der Waals surface area contributed by atoms with Crippen molar-refractivity contribution in [2.75, 3.05) is 41.0 Å². The number of hydrogen-bond acceptors (Lipinski definition) is 7. The zero-order valence-corrected chi connectivity index (χ0v) is 44.6. The van der Waals surface area contributed by atoms with Crippen molar-refractivity contribution in [1.29, 1.82) is 0 Å². The van der Waals surface area contributed by atoms with Crippen LogP contribution in [0.15, 0.2) is 12.2 Å². The minimum Gasteiger partial charge on any atom is -0.544 e. The second-order valence-corrected chi connectivity index (χ2v) is 20.9. The third-order valence-corrected chi connectivity index (χ3v) is 13.4. The molecule has 0 rings (SSSR count). The molecule has 0 aromatic rings. The lowest BCUT2D eigenvalue weighted by molar-refractivity contribution is -0.889. The Morgan fingerprint density at radius 1 is 0.439 bits per heavy atom. The predicted molar refractivity (Wildman–Crippen MR) is 278 cm³/mol. The average molecular weight is 935 g/mol. The first-order chi connectivity index (χ1) is 32.1. The normalized spacial score (nSPS) is 12.8. The van der Waals surface area contributed by atoms with E-state index >= 15 is 0 Å². The summed E-state index contributed by atoms with van der Waals surface area (Å²) in [5.41, 5.74) is 0. The summed E-state index contributed by atoms with van der Waals surface area (Å²) in [6.45, 7) is 4.73. The van der Waals surface area contributed by atoms with Crippen LogP contribution in [-0.2, 0) is 28.6 Å². The fourth-order valence-corrected chi connectivity index (χ4v) is 8.95. The number of allylic oxidation sites excluding steroid dienone is 2. The van der Waals surface area contributed by atoms with Crippen molar-refractivity contribution in [2.45, 2.75) is 302 Å². The molecule has 0 aliphatic rings. The lowest BCUT2D eigenvalue weighted by Gasteiger charge is -2.34. The molecule has 0 saturated heterocycles. The van der Waals surface area contributed by atoms with Gasteiger partial charge in [-0.05, 0) is 38.5 Å². The first kappa shape index (κ1) is 64.1. The van der Waals surface area contributed by atoms with Crippen LogP contribution < -0.4 is 5.11 Å². The molecule has 0 aliphatic carbocycles. The molecule has 8 heteroatoms. The minimum absolute atomic E-state index is 0.0454. The summed E-state index contributed by atoms with van der Waals surface area (Å²) in [6.07, 6.45) is 56.8. The third-order valence-electron chi connectivity index (χ3n) is 13.4. The van der Waals surface area contributed by atoms with E-state index in [1.165, 1.54) is 218 Å². The molecule has 2 atom stereocenters. The van der Waals surface area contributed by atoms with Crippen LogP contribution in [0, 0.1) is 0 Å². The number of carbonyl (C=O) groups excluding carboxylic acids is 3. The lowest BCUT2D eigenvalue weighted by atomic mass is 10.0. The van der Waals surface area contributed by atoms with Crippen molar-refractivity contribution in [3.63, 3.8) is 0 Å². The van der Waals surface area contributed by atoms with Gasteiger partial charge in [-0.3, -0.25) is 9.59 Å². The molecule has 0 aromatic heterocycles. The molecule has 390 valence electrons. The molecule has 66 heavy (non-hydrogen) atoms. The number of aliphatic carboxylic acids is 1. The number of likely N-dealkylation sites (N-methyl/N-ethyl adjacent to an activating group) is 1. The number of ether oxygens (including phenoxy) is 3. The molecule has 0 heterocycles. The van der Waals surface area contributed by atoms with Crippen LogP contribution in [0.3, 0.4) is 0 Å². The number of carbonyl (C=O) groups is 3. The van der Waals surface area contributed by atoms with Gasteiger partial charge in [0.25, 0.3) is 0 Å². The molecule has 0 radical (unpaired) electrons.